The minimum absolute atomic E-state index is 0.0360. The molecule has 0 N–H and O–H groups in total. The summed E-state index contributed by atoms with van der Waals surface area (Å²) >= 11 is 3.07. The Morgan fingerprint density at radius 1 is 1.22 bits per heavy atom. The van der Waals surface area contributed by atoms with Gasteiger partial charge in [-0.05, 0) is 66.4 Å². The number of carbonyl (C=O) groups excluding carboxylic acids is 1. The van der Waals surface area contributed by atoms with E-state index in [1.165, 1.54) is 11.8 Å². The van der Waals surface area contributed by atoms with Gasteiger partial charge in [0.2, 0.25) is 0 Å². The second-order valence-electron chi connectivity index (χ2n) is 5.99. The highest BCUT2D eigenvalue weighted by molar-refractivity contribution is 8.18. The number of amides is 1. The van der Waals surface area contributed by atoms with Crippen LogP contribution in [0.2, 0.25) is 0 Å². The summed E-state index contributed by atoms with van der Waals surface area (Å²) < 4.78 is 5.60. The van der Waals surface area contributed by atoms with E-state index in [0.29, 0.717) is 16.7 Å². The molecule has 1 amide bonds. The Labute approximate surface area is 168 Å². The van der Waals surface area contributed by atoms with Crippen molar-refractivity contribution < 1.29 is 9.53 Å². The van der Waals surface area contributed by atoms with Crippen LogP contribution in [-0.4, -0.2) is 35.9 Å². The van der Waals surface area contributed by atoms with Gasteiger partial charge in [0.1, 0.15) is 5.75 Å². The summed E-state index contributed by atoms with van der Waals surface area (Å²) in [6.45, 7) is 2.78. The van der Waals surface area contributed by atoms with Gasteiger partial charge in [-0.25, -0.2) is 4.99 Å². The van der Waals surface area contributed by atoms with Gasteiger partial charge in [-0.1, -0.05) is 25.1 Å². The summed E-state index contributed by atoms with van der Waals surface area (Å²) in [5.74, 6) is 0.809. The third-order valence-corrected chi connectivity index (χ3v) is 5.72. The van der Waals surface area contributed by atoms with Crippen LogP contribution in [0.15, 0.2) is 63.3 Å². The molecule has 2 aromatic rings. The topological polar surface area (TPSA) is 41.9 Å². The molecule has 1 heterocycles. The summed E-state index contributed by atoms with van der Waals surface area (Å²) in [6, 6.07) is 15.8. The molecule has 1 aliphatic rings. The Morgan fingerprint density at radius 3 is 2.70 bits per heavy atom. The standard InChI is InChI=1S/C21H22N2O2S2/c1-4-12-25-17-10-8-15(9-11-17)13-19-20(24)23(2)21(27-19)22-16-6-5-7-18(14-16)26-3/h5-11,13-14H,4,12H2,1-3H3/b19-13+,22-21?. The van der Waals surface area contributed by atoms with Crippen molar-refractivity contribution in [3.8, 4) is 5.75 Å². The first-order chi connectivity index (χ1) is 13.1. The lowest BCUT2D eigenvalue weighted by molar-refractivity contribution is -0.121. The van der Waals surface area contributed by atoms with E-state index in [4.69, 9.17) is 4.74 Å². The van der Waals surface area contributed by atoms with E-state index in [1.807, 2.05) is 60.9 Å². The lowest BCUT2D eigenvalue weighted by Crippen LogP contribution is -2.23. The maximum atomic E-state index is 12.6. The van der Waals surface area contributed by atoms with E-state index < -0.39 is 0 Å². The first kappa shape index (κ1) is 19.6. The van der Waals surface area contributed by atoms with Crippen molar-refractivity contribution in [2.45, 2.75) is 18.2 Å². The van der Waals surface area contributed by atoms with Gasteiger partial charge < -0.3 is 4.74 Å². The monoisotopic (exact) mass is 398 g/mol. The molecule has 0 radical (unpaired) electrons. The highest BCUT2D eigenvalue weighted by atomic mass is 32.2. The Bertz CT molecular complexity index is 876. The zero-order chi connectivity index (χ0) is 19.2. The fraction of sp³-hybridized carbons (Fsp3) is 0.238. The maximum absolute atomic E-state index is 12.6. The maximum Gasteiger partial charge on any atom is 0.266 e. The smallest absolute Gasteiger partial charge is 0.266 e. The van der Waals surface area contributed by atoms with Crippen molar-refractivity contribution in [2.24, 2.45) is 4.99 Å². The van der Waals surface area contributed by atoms with Crippen LogP contribution < -0.4 is 4.74 Å². The van der Waals surface area contributed by atoms with Crippen LogP contribution in [0.25, 0.3) is 6.08 Å². The quantitative estimate of drug-likeness (QED) is 0.480. The van der Waals surface area contributed by atoms with Crippen LogP contribution in [0.5, 0.6) is 5.75 Å². The highest BCUT2D eigenvalue weighted by Gasteiger charge is 2.30. The molecule has 0 spiro atoms. The molecule has 2 aromatic carbocycles. The van der Waals surface area contributed by atoms with E-state index in [2.05, 4.69) is 11.9 Å². The summed E-state index contributed by atoms with van der Waals surface area (Å²) in [6.07, 6.45) is 4.91. The second kappa shape index (κ2) is 9.15. The van der Waals surface area contributed by atoms with Gasteiger partial charge in [-0.3, -0.25) is 9.69 Å². The number of ether oxygens (including phenoxy) is 1. The molecule has 140 valence electrons. The summed E-state index contributed by atoms with van der Waals surface area (Å²) in [5.41, 5.74) is 1.82. The van der Waals surface area contributed by atoms with Gasteiger partial charge in [0.05, 0.1) is 17.2 Å². The van der Waals surface area contributed by atoms with Gasteiger partial charge in [0.15, 0.2) is 5.17 Å². The van der Waals surface area contributed by atoms with Crippen molar-refractivity contribution in [3.05, 3.63) is 59.0 Å². The van der Waals surface area contributed by atoms with Crippen LogP contribution in [-0.2, 0) is 4.79 Å². The molecule has 0 aliphatic carbocycles. The zero-order valence-electron chi connectivity index (χ0n) is 15.6. The fourth-order valence-corrected chi connectivity index (χ4v) is 3.91. The molecule has 1 aliphatic heterocycles. The zero-order valence-corrected chi connectivity index (χ0v) is 17.3. The Morgan fingerprint density at radius 2 is 2.00 bits per heavy atom. The van der Waals surface area contributed by atoms with Crippen LogP contribution in [0.1, 0.15) is 18.9 Å². The molecule has 0 saturated carbocycles. The number of aliphatic imine (C=N–C) groups is 1. The van der Waals surface area contributed by atoms with Crippen LogP contribution in [0.3, 0.4) is 0 Å². The van der Waals surface area contributed by atoms with E-state index in [0.717, 1.165) is 28.3 Å². The Kier molecular flexibility index (Phi) is 6.63. The third kappa shape index (κ3) is 4.96. The number of hydrogen-bond donors (Lipinski definition) is 0. The number of nitrogens with zero attached hydrogens (tertiary/aromatic N) is 2. The first-order valence-corrected chi connectivity index (χ1v) is 10.8. The minimum atomic E-state index is -0.0360. The van der Waals surface area contributed by atoms with Gasteiger partial charge in [0, 0.05) is 11.9 Å². The van der Waals surface area contributed by atoms with Gasteiger partial charge in [0.25, 0.3) is 5.91 Å². The number of carbonyl (C=O) groups is 1. The average Bonchev–Trinajstić information content (AvgIpc) is 2.95. The number of hydrogen-bond acceptors (Lipinski definition) is 5. The first-order valence-electron chi connectivity index (χ1n) is 8.74. The van der Waals surface area contributed by atoms with Gasteiger partial charge in [-0.2, -0.15) is 0 Å². The van der Waals surface area contributed by atoms with Gasteiger partial charge in [-0.15, -0.1) is 11.8 Å². The summed E-state index contributed by atoms with van der Waals surface area (Å²) in [5, 5.41) is 0.687. The van der Waals surface area contributed by atoms with Crippen molar-refractivity contribution in [1.82, 2.24) is 4.90 Å². The summed E-state index contributed by atoms with van der Waals surface area (Å²) in [4.78, 5) is 20.6. The van der Waals surface area contributed by atoms with Crippen LogP contribution >= 0.6 is 23.5 Å². The molecular formula is C21H22N2O2S2. The average molecular weight is 399 g/mol. The number of benzene rings is 2. The number of amidine groups is 1. The fourth-order valence-electron chi connectivity index (χ4n) is 2.47. The summed E-state index contributed by atoms with van der Waals surface area (Å²) in [7, 11) is 1.76. The van der Waals surface area contributed by atoms with Crippen molar-refractivity contribution >= 4 is 46.4 Å². The molecular weight excluding hydrogens is 376 g/mol. The number of likely N-dealkylation sites (N-methyl/N-ethyl adjacent to an activating group) is 1. The predicted octanol–water partition coefficient (Wildman–Crippen LogP) is 5.43. The number of thioether (sulfide) groups is 2. The van der Waals surface area contributed by atoms with Crippen LogP contribution in [0, 0.1) is 0 Å². The molecule has 1 saturated heterocycles. The number of rotatable bonds is 6. The largest absolute Gasteiger partial charge is 0.494 e. The molecule has 0 atom stereocenters. The van der Waals surface area contributed by atoms with Gasteiger partial charge >= 0.3 is 0 Å². The SMILES string of the molecule is CCCOc1ccc(/C=C2/SC(=Nc3cccc(SC)c3)N(C)C2=O)cc1. The van der Waals surface area contributed by atoms with E-state index in [-0.39, 0.29) is 5.91 Å². The molecule has 4 nitrogen and oxygen atoms in total. The minimum Gasteiger partial charge on any atom is -0.494 e. The molecule has 0 unspecified atom stereocenters. The lowest BCUT2D eigenvalue weighted by Gasteiger charge is -2.07. The molecule has 6 heteroatoms. The molecule has 27 heavy (non-hydrogen) atoms. The molecule has 0 bridgehead atoms. The second-order valence-corrected chi connectivity index (χ2v) is 7.88. The van der Waals surface area contributed by atoms with Crippen LogP contribution in [0.4, 0.5) is 5.69 Å². The molecule has 0 aromatic heterocycles. The predicted molar refractivity (Wildman–Crippen MR) is 116 cm³/mol. The van der Waals surface area contributed by atoms with Crippen molar-refractivity contribution in [3.63, 3.8) is 0 Å². The highest BCUT2D eigenvalue weighted by Crippen LogP contribution is 2.33. The van der Waals surface area contributed by atoms with Crippen molar-refractivity contribution in [2.75, 3.05) is 19.9 Å². The normalized spacial score (nSPS) is 17.1. The Balaban J connectivity index is 1.78. The van der Waals surface area contributed by atoms with E-state index >= 15 is 0 Å². The van der Waals surface area contributed by atoms with Crippen molar-refractivity contribution in [1.29, 1.82) is 0 Å². The lowest BCUT2D eigenvalue weighted by atomic mass is 10.2. The van der Waals surface area contributed by atoms with E-state index in [1.54, 1.807) is 23.7 Å². The molecule has 1 fully saturated rings. The third-order valence-electron chi connectivity index (χ3n) is 3.93. The Hall–Kier alpha value is -2.18. The van der Waals surface area contributed by atoms with E-state index in [9.17, 15) is 4.79 Å². The molecule has 3 rings (SSSR count).